The standard InChI is InChI=1S/C12H14Cl2INO/c13-9-4-5-11(14)10(8-9)12(17)16-7-3-1-2-6-15/h4-5,8H,1-3,6-7H2,(H,16,17). The Morgan fingerprint density at radius 3 is 2.71 bits per heavy atom. The van der Waals surface area contributed by atoms with Crippen LogP contribution in [0.25, 0.3) is 0 Å². The maximum Gasteiger partial charge on any atom is 0.252 e. The van der Waals surface area contributed by atoms with Crippen LogP contribution in [0.4, 0.5) is 0 Å². The van der Waals surface area contributed by atoms with Gasteiger partial charge in [-0.1, -0.05) is 52.2 Å². The predicted molar refractivity (Wildman–Crippen MR) is 81.5 cm³/mol. The molecule has 1 rings (SSSR count). The Bertz CT molecular complexity index is 385. The number of nitrogens with one attached hydrogen (secondary N) is 1. The number of benzene rings is 1. The van der Waals surface area contributed by atoms with E-state index in [-0.39, 0.29) is 5.91 Å². The zero-order valence-corrected chi connectivity index (χ0v) is 13.0. The summed E-state index contributed by atoms with van der Waals surface area (Å²) < 4.78 is 1.16. The van der Waals surface area contributed by atoms with Crippen LogP contribution >= 0.6 is 45.8 Å². The molecule has 0 fully saturated rings. The van der Waals surface area contributed by atoms with Crippen molar-refractivity contribution in [2.24, 2.45) is 0 Å². The van der Waals surface area contributed by atoms with Crippen molar-refractivity contribution in [1.82, 2.24) is 5.32 Å². The van der Waals surface area contributed by atoms with Crippen molar-refractivity contribution in [1.29, 1.82) is 0 Å². The minimum absolute atomic E-state index is 0.160. The second kappa shape index (κ2) is 8.16. The molecule has 0 bridgehead atoms. The van der Waals surface area contributed by atoms with E-state index in [1.54, 1.807) is 18.2 Å². The first-order chi connectivity index (χ1) is 8.15. The molecule has 0 spiro atoms. The molecule has 0 radical (unpaired) electrons. The molecule has 1 aromatic carbocycles. The number of alkyl halides is 1. The van der Waals surface area contributed by atoms with Crippen molar-refractivity contribution in [3.8, 4) is 0 Å². The fraction of sp³-hybridized carbons (Fsp3) is 0.417. The van der Waals surface area contributed by atoms with Gasteiger partial charge in [0.1, 0.15) is 0 Å². The van der Waals surface area contributed by atoms with E-state index in [2.05, 4.69) is 27.9 Å². The fourth-order valence-corrected chi connectivity index (χ4v) is 2.28. The average Bonchev–Trinajstić information content (AvgIpc) is 2.32. The number of rotatable bonds is 6. The van der Waals surface area contributed by atoms with Gasteiger partial charge in [-0.3, -0.25) is 4.79 Å². The average molecular weight is 386 g/mol. The summed E-state index contributed by atoms with van der Waals surface area (Å²) in [5.74, 6) is -0.160. The van der Waals surface area contributed by atoms with Gasteiger partial charge in [0.2, 0.25) is 0 Å². The summed E-state index contributed by atoms with van der Waals surface area (Å²) in [4.78, 5) is 11.8. The molecule has 0 atom stereocenters. The van der Waals surface area contributed by atoms with Gasteiger partial charge < -0.3 is 5.32 Å². The second-order valence-corrected chi connectivity index (χ2v) is 5.55. The number of unbranched alkanes of at least 4 members (excludes halogenated alkanes) is 2. The zero-order chi connectivity index (χ0) is 12.7. The van der Waals surface area contributed by atoms with Gasteiger partial charge in [-0.05, 0) is 35.5 Å². The zero-order valence-electron chi connectivity index (χ0n) is 9.31. The van der Waals surface area contributed by atoms with Crippen molar-refractivity contribution < 1.29 is 4.79 Å². The van der Waals surface area contributed by atoms with E-state index in [1.807, 2.05) is 0 Å². The Balaban J connectivity index is 2.44. The number of amides is 1. The Morgan fingerprint density at radius 2 is 2.00 bits per heavy atom. The van der Waals surface area contributed by atoms with Crippen LogP contribution in [-0.2, 0) is 0 Å². The van der Waals surface area contributed by atoms with Gasteiger partial charge in [0, 0.05) is 11.6 Å². The Kier molecular flexibility index (Phi) is 7.23. The SMILES string of the molecule is O=C(NCCCCCI)c1cc(Cl)ccc1Cl. The van der Waals surface area contributed by atoms with Gasteiger partial charge in [0.25, 0.3) is 5.91 Å². The van der Waals surface area contributed by atoms with Crippen LogP contribution in [0.1, 0.15) is 29.6 Å². The van der Waals surface area contributed by atoms with E-state index >= 15 is 0 Å². The molecule has 1 aromatic rings. The predicted octanol–water partition coefficient (Wildman–Crippen LogP) is 4.33. The van der Waals surface area contributed by atoms with Gasteiger partial charge >= 0.3 is 0 Å². The molecule has 0 aliphatic heterocycles. The highest BCUT2D eigenvalue weighted by atomic mass is 127. The highest BCUT2D eigenvalue weighted by Gasteiger charge is 2.09. The summed E-state index contributed by atoms with van der Waals surface area (Å²) in [6, 6.07) is 4.89. The third-order valence-electron chi connectivity index (χ3n) is 2.27. The van der Waals surface area contributed by atoms with Gasteiger partial charge in [-0.2, -0.15) is 0 Å². The number of halogens is 3. The smallest absolute Gasteiger partial charge is 0.252 e. The van der Waals surface area contributed by atoms with Gasteiger partial charge in [-0.25, -0.2) is 0 Å². The van der Waals surface area contributed by atoms with E-state index in [4.69, 9.17) is 23.2 Å². The second-order valence-electron chi connectivity index (χ2n) is 3.63. The lowest BCUT2D eigenvalue weighted by Gasteiger charge is -2.06. The van der Waals surface area contributed by atoms with E-state index in [0.29, 0.717) is 22.2 Å². The highest BCUT2D eigenvalue weighted by molar-refractivity contribution is 14.1. The lowest BCUT2D eigenvalue weighted by atomic mass is 10.2. The molecule has 0 saturated carbocycles. The first kappa shape index (κ1) is 15.1. The first-order valence-corrected chi connectivity index (χ1v) is 7.72. The van der Waals surface area contributed by atoms with Crippen molar-refractivity contribution in [2.75, 3.05) is 11.0 Å². The third-order valence-corrected chi connectivity index (χ3v) is 3.60. The van der Waals surface area contributed by atoms with E-state index in [0.717, 1.165) is 17.3 Å². The van der Waals surface area contributed by atoms with Crippen LogP contribution in [0, 0.1) is 0 Å². The van der Waals surface area contributed by atoms with Crippen LogP contribution in [-0.4, -0.2) is 16.9 Å². The number of carbonyl (C=O) groups excluding carboxylic acids is 1. The summed E-state index contributed by atoms with van der Waals surface area (Å²) >= 11 is 14.1. The van der Waals surface area contributed by atoms with Gasteiger partial charge in [0.15, 0.2) is 0 Å². The summed E-state index contributed by atoms with van der Waals surface area (Å²) in [5, 5.41) is 3.79. The largest absolute Gasteiger partial charge is 0.352 e. The van der Waals surface area contributed by atoms with Crippen molar-refractivity contribution >= 4 is 51.7 Å². The molecule has 0 saturated heterocycles. The fourth-order valence-electron chi connectivity index (χ4n) is 1.36. The molecular weight excluding hydrogens is 372 g/mol. The highest BCUT2D eigenvalue weighted by Crippen LogP contribution is 2.20. The minimum Gasteiger partial charge on any atom is -0.352 e. The molecule has 1 N–H and O–H groups in total. The summed E-state index contributed by atoms with van der Waals surface area (Å²) in [5.41, 5.74) is 0.438. The maximum absolute atomic E-state index is 11.8. The van der Waals surface area contributed by atoms with E-state index in [9.17, 15) is 4.79 Å². The molecule has 5 heteroatoms. The Morgan fingerprint density at radius 1 is 1.24 bits per heavy atom. The molecule has 94 valence electrons. The Labute approximate surface area is 125 Å². The van der Waals surface area contributed by atoms with Gasteiger partial charge in [0.05, 0.1) is 10.6 Å². The van der Waals surface area contributed by atoms with Crippen molar-refractivity contribution in [2.45, 2.75) is 19.3 Å². The maximum atomic E-state index is 11.8. The lowest BCUT2D eigenvalue weighted by molar-refractivity contribution is 0.0953. The van der Waals surface area contributed by atoms with Crippen molar-refractivity contribution in [3.05, 3.63) is 33.8 Å². The molecule has 1 amide bonds. The summed E-state index contributed by atoms with van der Waals surface area (Å²) in [6.45, 7) is 0.679. The van der Waals surface area contributed by atoms with Crippen LogP contribution in [0.15, 0.2) is 18.2 Å². The molecule has 0 aliphatic carbocycles. The van der Waals surface area contributed by atoms with Crippen molar-refractivity contribution in [3.63, 3.8) is 0 Å². The molecule has 17 heavy (non-hydrogen) atoms. The lowest BCUT2D eigenvalue weighted by Crippen LogP contribution is -2.24. The molecule has 0 heterocycles. The third kappa shape index (κ3) is 5.44. The Hall–Kier alpha value is -0.000000000000000111. The van der Waals surface area contributed by atoms with Crippen LogP contribution < -0.4 is 5.32 Å². The molecule has 0 aromatic heterocycles. The number of hydrogen-bond acceptors (Lipinski definition) is 1. The van der Waals surface area contributed by atoms with E-state index < -0.39 is 0 Å². The first-order valence-electron chi connectivity index (χ1n) is 5.44. The summed E-state index contributed by atoms with van der Waals surface area (Å²) in [6.07, 6.45) is 3.31. The topological polar surface area (TPSA) is 29.1 Å². The normalized spacial score (nSPS) is 10.3. The van der Waals surface area contributed by atoms with Gasteiger partial charge in [-0.15, -0.1) is 0 Å². The van der Waals surface area contributed by atoms with Crippen LogP contribution in [0.5, 0.6) is 0 Å². The quantitative estimate of drug-likeness (QED) is 0.440. The number of carbonyl (C=O) groups is 1. The minimum atomic E-state index is -0.160. The molecule has 0 aliphatic rings. The molecule has 2 nitrogen and oxygen atoms in total. The van der Waals surface area contributed by atoms with E-state index in [1.165, 1.54) is 6.42 Å². The van der Waals surface area contributed by atoms with Crippen LogP contribution in [0.3, 0.4) is 0 Å². The van der Waals surface area contributed by atoms with Crippen LogP contribution in [0.2, 0.25) is 10.0 Å². The number of hydrogen-bond donors (Lipinski definition) is 1. The molecule has 0 unspecified atom stereocenters. The summed E-state index contributed by atoms with van der Waals surface area (Å²) in [7, 11) is 0. The monoisotopic (exact) mass is 385 g/mol. The molecular formula is C12H14Cl2INO.